The summed E-state index contributed by atoms with van der Waals surface area (Å²) in [6.45, 7) is 9.78. The quantitative estimate of drug-likeness (QED) is 0.528. The maximum Gasteiger partial charge on any atom is 0.342 e. The molecule has 2 nitrogen and oxygen atoms in total. The van der Waals surface area contributed by atoms with Crippen molar-refractivity contribution in [2.75, 3.05) is 0 Å². The first-order valence-corrected chi connectivity index (χ1v) is 4.03. The highest BCUT2D eigenvalue weighted by Crippen LogP contribution is 2.00. The van der Waals surface area contributed by atoms with E-state index >= 15 is 0 Å². The summed E-state index contributed by atoms with van der Waals surface area (Å²) in [6, 6.07) is 8.77. The second kappa shape index (κ2) is 7.80. The van der Waals surface area contributed by atoms with Crippen molar-refractivity contribution in [2.45, 2.75) is 0 Å². The van der Waals surface area contributed by atoms with Gasteiger partial charge in [-0.05, 0) is 19.1 Å². The van der Waals surface area contributed by atoms with Crippen LogP contribution in [0.1, 0.15) is 10.4 Å². The second-order valence-electron chi connectivity index (χ2n) is 2.23. The smallest absolute Gasteiger partial charge is 0.342 e. The van der Waals surface area contributed by atoms with Crippen molar-refractivity contribution >= 4 is 5.97 Å². The van der Waals surface area contributed by atoms with Crippen LogP contribution in [0.2, 0.25) is 0 Å². The Hall–Kier alpha value is -1.83. The highest BCUT2D eigenvalue weighted by Gasteiger charge is 2.01. The molecule has 0 atom stereocenters. The number of carbonyl (C=O) groups is 1. The molecule has 0 unspecified atom stereocenters. The van der Waals surface area contributed by atoms with Crippen LogP contribution in [0.4, 0.5) is 0 Å². The number of esters is 1. The van der Waals surface area contributed by atoms with Crippen LogP contribution in [0.3, 0.4) is 0 Å². The zero-order valence-corrected chi connectivity index (χ0v) is 7.98. The Morgan fingerprint density at radius 1 is 1.21 bits per heavy atom. The van der Waals surface area contributed by atoms with Gasteiger partial charge in [0.15, 0.2) is 0 Å². The number of hydrogen-bond donors (Lipinski definition) is 0. The van der Waals surface area contributed by atoms with E-state index in [2.05, 4.69) is 24.8 Å². The first-order valence-electron chi connectivity index (χ1n) is 4.03. The molecule has 1 aromatic rings. The molecule has 1 radical (unpaired) electrons. The van der Waals surface area contributed by atoms with Gasteiger partial charge in [0.2, 0.25) is 0 Å². The number of rotatable bonds is 2. The lowest BCUT2D eigenvalue weighted by molar-refractivity contribution is 0.0664. The Labute approximate surface area is 84.5 Å². The van der Waals surface area contributed by atoms with Gasteiger partial charge in [-0.3, -0.25) is 0 Å². The number of allylic oxidation sites excluding steroid dienone is 1. The lowest BCUT2D eigenvalue weighted by atomic mass is 10.2. The van der Waals surface area contributed by atoms with Gasteiger partial charge < -0.3 is 4.74 Å². The van der Waals surface area contributed by atoms with Gasteiger partial charge in [0, 0.05) is 0 Å². The summed E-state index contributed by atoms with van der Waals surface area (Å²) >= 11 is 0. The normalized spacial score (nSPS) is 7.79. The molecule has 73 valence electrons. The molecule has 2 heteroatoms. The van der Waals surface area contributed by atoms with Crippen LogP contribution >= 0.6 is 0 Å². The van der Waals surface area contributed by atoms with Crippen molar-refractivity contribution in [1.82, 2.24) is 0 Å². The molecular weight excluding hydrogens is 176 g/mol. The van der Waals surface area contributed by atoms with Crippen molar-refractivity contribution in [1.29, 1.82) is 0 Å². The predicted octanol–water partition coefficient (Wildman–Crippen LogP) is 2.99. The lowest BCUT2D eigenvalue weighted by Crippen LogP contribution is -1.98. The topological polar surface area (TPSA) is 26.3 Å². The minimum Gasteiger partial charge on any atom is -0.432 e. The van der Waals surface area contributed by atoms with Gasteiger partial charge in [0.1, 0.15) is 0 Å². The molecule has 0 amide bonds. The average Bonchev–Trinajstić information content (AvgIpc) is 2.21. The van der Waals surface area contributed by atoms with Gasteiger partial charge in [-0.2, -0.15) is 0 Å². The van der Waals surface area contributed by atoms with Crippen molar-refractivity contribution in [3.63, 3.8) is 0 Å². The summed E-state index contributed by atoms with van der Waals surface area (Å²) in [6.07, 6.45) is 2.62. The Bertz CT molecular complexity index is 288. The molecule has 14 heavy (non-hydrogen) atoms. The largest absolute Gasteiger partial charge is 0.432 e. The molecule has 0 fully saturated rings. The van der Waals surface area contributed by atoms with Crippen molar-refractivity contribution in [3.05, 3.63) is 68.3 Å². The molecule has 0 heterocycles. The summed E-state index contributed by atoms with van der Waals surface area (Å²) in [4.78, 5) is 11.0. The predicted molar refractivity (Wildman–Crippen MR) is 57.6 cm³/mol. The van der Waals surface area contributed by atoms with E-state index in [0.717, 1.165) is 6.26 Å². The fraction of sp³-hybridized carbons (Fsp3) is 0. The molecule has 0 aliphatic heterocycles. The van der Waals surface area contributed by atoms with Crippen LogP contribution < -0.4 is 0 Å². The molecular formula is C12H13O2. The molecule has 1 aromatic carbocycles. The average molecular weight is 189 g/mol. The van der Waals surface area contributed by atoms with Crippen LogP contribution in [0, 0.1) is 6.92 Å². The molecule has 0 spiro atoms. The lowest BCUT2D eigenvalue weighted by Gasteiger charge is -1.96. The Morgan fingerprint density at radius 3 is 2.14 bits per heavy atom. The van der Waals surface area contributed by atoms with E-state index in [1.54, 1.807) is 24.3 Å². The third-order valence-corrected chi connectivity index (χ3v) is 1.20. The zero-order chi connectivity index (χ0) is 10.8. The minimum absolute atomic E-state index is 0.374. The molecule has 1 rings (SSSR count). The van der Waals surface area contributed by atoms with Crippen molar-refractivity contribution < 1.29 is 9.53 Å². The fourth-order valence-electron chi connectivity index (χ4n) is 0.718. The highest BCUT2D eigenvalue weighted by atomic mass is 16.5. The van der Waals surface area contributed by atoms with Crippen LogP contribution in [0.15, 0.2) is 55.8 Å². The van der Waals surface area contributed by atoms with Crippen LogP contribution in [0.25, 0.3) is 0 Å². The van der Waals surface area contributed by atoms with E-state index in [0.29, 0.717) is 5.56 Å². The summed E-state index contributed by atoms with van der Waals surface area (Å²) in [5, 5.41) is 0. The Morgan fingerprint density at radius 2 is 1.71 bits per heavy atom. The molecule has 0 saturated heterocycles. The fourth-order valence-corrected chi connectivity index (χ4v) is 0.718. The van der Waals surface area contributed by atoms with E-state index in [4.69, 9.17) is 0 Å². The molecule has 0 aromatic heterocycles. The van der Waals surface area contributed by atoms with Gasteiger partial charge in [-0.1, -0.05) is 30.9 Å². The van der Waals surface area contributed by atoms with Crippen LogP contribution in [0.5, 0.6) is 0 Å². The van der Waals surface area contributed by atoms with E-state index in [9.17, 15) is 4.79 Å². The first kappa shape index (κ1) is 12.2. The van der Waals surface area contributed by atoms with Gasteiger partial charge in [0.05, 0.1) is 11.8 Å². The van der Waals surface area contributed by atoms with Crippen LogP contribution in [-0.4, -0.2) is 5.97 Å². The number of ether oxygens (including phenoxy) is 1. The highest BCUT2D eigenvalue weighted by molar-refractivity contribution is 5.89. The summed E-state index contributed by atoms with van der Waals surface area (Å²) in [5.41, 5.74) is 0.535. The van der Waals surface area contributed by atoms with Crippen molar-refractivity contribution in [2.24, 2.45) is 0 Å². The molecule has 0 N–H and O–H groups in total. The second-order valence-corrected chi connectivity index (χ2v) is 2.23. The molecule has 0 aliphatic carbocycles. The van der Waals surface area contributed by atoms with E-state index in [1.165, 1.54) is 6.08 Å². The third-order valence-electron chi connectivity index (χ3n) is 1.20. The van der Waals surface area contributed by atoms with E-state index in [-0.39, 0.29) is 5.97 Å². The Kier molecular flexibility index (Phi) is 6.78. The maximum atomic E-state index is 11.0. The zero-order valence-electron chi connectivity index (χ0n) is 7.98. The van der Waals surface area contributed by atoms with Crippen molar-refractivity contribution in [3.8, 4) is 0 Å². The third kappa shape index (κ3) is 4.93. The molecule has 0 aliphatic rings. The summed E-state index contributed by atoms with van der Waals surface area (Å²) < 4.78 is 4.55. The minimum atomic E-state index is -0.374. The number of carbonyl (C=O) groups excluding carboxylic acids is 1. The number of benzene rings is 1. The van der Waals surface area contributed by atoms with Gasteiger partial charge in [0.25, 0.3) is 0 Å². The first-order chi connectivity index (χ1) is 6.76. The standard InChI is InChI=1S/C9H8O2.C3H5/c1-2-11-9(10)8-6-4-3-5-7-8;1-3-2/h2-7H,1H2;3H,1-2H2. The monoisotopic (exact) mass is 189 g/mol. The van der Waals surface area contributed by atoms with E-state index < -0.39 is 0 Å². The molecule has 0 saturated carbocycles. The van der Waals surface area contributed by atoms with Gasteiger partial charge in [-0.15, -0.1) is 6.58 Å². The SMILES string of the molecule is C=COC(=O)c1ccccc1.[CH2]C=C. The van der Waals surface area contributed by atoms with Gasteiger partial charge in [-0.25, -0.2) is 4.79 Å². The molecule has 0 bridgehead atoms. The van der Waals surface area contributed by atoms with Crippen LogP contribution in [-0.2, 0) is 4.74 Å². The summed E-state index contributed by atoms with van der Waals surface area (Å²) in [7, 11) is 0. The van der Waals surface area contributed by atoms with E-state index in [1.807, 2.05) is 6.07 Å². The Balaban J connectivity index is 0.000000500. The number of hydrogen-bond acceptors (Lipinski definition) is 2. The van der Waals surface area contributed by atoms with Gasteiger partial charge >= 0.3 is 5.97 Å². The summed E-state index contributed by atoms with van der Waals surface area (Å²) in [5.74, 6) is -0.374. The maximum absolute atomic E-state index is 11.0.